The predicted octanol–water partition coefficient (Wildman–Crippen LogP) is 2.47. The zero-order valence-electron chi connectivity index (χ0n) is 15.7. The van der Waals surface area contributed by atoms with Crippen LogP contribution in [0.1, 0.15) is 37.7 Å². The Morgan fingerprint density at radius 1 is 0.840 bits per heavy atom. The molecule has 0 radical (unpaired) electrons. The molecule has 0 saturated carbocycles. The van der Waals surface area contributed by atoms with Gasteiger partial charge in [0, 0.05) is 32.2 Å². The Balaban J connectivity index is 1.56. The van der Waals surface area contributed by atoms with Crippen molar-refractivity contribution in [3.8, 4) is 11.5 Å². The number of ether oxygens (including phenoxy) is 2. The van der Waals surface area contributed by atoms with Crippen LogP contribution < -0.4 is 9.47 Å². The van der Waals surface area contributed by atoms with Gasteiger partial charge in [0.05, 0.1) is 19.8 Å². The van der Waals surface area contributed by atoms with Crippen LogP contribution in [0.2, 0.25) is 0 Å². The van der Waals surface area contributed by atoms with Gasteiger partial charge in [0.25, 0.3) is 0 Å². The monoisotopic (exact) mass is 348 g/mol. The van der Waals surface area contributed by atoms with E-state index in [1.807, 2.05) is 18.2 Å². The molecule has 2 saturated heterocycles. The summed E-state index contributed by atoms with van der Waals surface area (Å²) < 4.78 is 10.7. The van der Waals surface area contributed by atoms with E-state index in [4.69, 9.17) is 9.47 Å². The number of nitrogens with zero attached hydrogens (tertiary/aromatic N) is 2. The van der Waals surface area contributed by atoms with E-state index in [0.717, 1.165) is 56.1 Å². The molecular formula is C20H32N2O3. The van der Waals surface area contributed by atoms with Gasteiger partial charge in [-0.3, -0.25) is 0 Å². The number of rotatable bonds is 6. The zero-order chi connectivity index (χ0) is 17.7. The molecule has 1 aromatic rings. The van der Waals surface area contributed by atoms with E-state index in [9.17, 15) is 5.11 Å². The van der Waals surface area contributed by atoms with Crippen molar-refractivity contribution < 1.29 is 14.6 Å². The van der Waals surface area contributed by atoms with Crippen LogP contribution in [0.3, 0.4) is 0 Å². The molecule has 2 aliphatic heterocycles. The van der Waals surface area contributed by atoms with Crippen molar-refractivity contribution in [2.45, 2.75) is 37.7 Å². The molecule has 0 unspecified atom stereocenters. The van der Waals surface area contributed by atoms with E-state index >= 15 is 0 Å². The number of piperidine rings is 2. The van der Waals surface area contributed by atoms with Crippen molar-refractivity contribution in [3.63, 3.8) is 0 Å². The van der Waals surface area contributed by atoms with Crippen LogP contribution in [0, 0.1) is 0 Å². The highest BCUT2D eigenvalue weighted by atomic mass is 16.5. The predicted molar refractivity (Wildman–Crippen MR) is 99.4 cm³/mol. The van der Waals surface area contributed by atoms with Crippen LogP contribution in [-0.2, 0) is 5.60 Å². The van der Waals surface area contributed by atoms with Crippen LogP contribution in [0.5, 0.6) is 11.5 Å². The normalized spacial score (nSPS) is 21.9. The van der Waals surface area contributed by atoms with Gasteiger partial charge in [-0.1, -0.05) is 6.42 Å². The van der Waals surface area contributed by atoms with E-state index in [1.54, 1.807) is 14.2 Å². The van der Waals surface area contributed by atoms with E-state index in [0.29, 0.717) is 0 Å². The van der Waals surface area contributed by atoms with Crippen molar-refractivity contribution in [2.24, 2.45) is 0 Å². The third kappa shape index (κ3) is 4.66. The van der Waals surface area contributed by atoms with Gasteiger partial charge in [-0.2, -0.15) is 0 Å². The number of benzene rings is 1. The lowest BCUT2D eigenvalue weighted by Gasteiger charge is -2.39. The Morgan fingerprint density at radius 2 is 1.36 bits per heavy atom. The second-order valence-electron chi connectivity index (χ2n) is 7.38. The number of hydrogen-bond acceptors (Lipinski definition) is 5. The van der Waals surface area contributed by atoms with Crippen LogP contribution in [0.4, 0.5) is 0 Å². The summed E-state index contributed by atoms with van der Waals surface area (Å²) in [6.07, 6.45) is 5.58. The standard InChI is InChI=1S/C20H32N2O3/c1-24-18-14-17(15-19(16-18)25-2)20(23)6-10-22(11-7-20)13-12-21-8-4-3-5-9-21/h14-16,23H,3-13H2,1-2H3. The van der Waals surface area contributed by atoms with Crippen molar-refractivity contribution in [1.29, 1.82) is 0 Å². The largest absolute Gasteiger partial charge is 0.497 e. The fourth-order valence-electron chi connectivity index (χ4n) is 3.98. The molecule has 3 rings (SSSR count). The summed E-state index contributed by atoms with van der Waals surface area (Å²) in [6.45, 7) is 6.64. The summed E-state index contributed by atoms with van der Waals surface area (Å²) >= 11 is 0. The van der Waals surface area contributed by atoms with Gasteiger partial charge in [-0.15, -0.1) is 0 Å². The molecule has 0 aromatic heterocycles. The topological polar surface area (TPSA) is 45.2 Å². The van der Waals surface area contributed by atoms with Crippen LogP contribution in [0.25, 0.3) is 0 Å². The molecule has 5 heteroatoms. The smallest absolute Gasteiger partial charge is 0.122 e. The summed E-state index contributed by atoms with van der Waals surface area (Å²) in [4.78, 5) is 5.07. The van der Waals surface area contributed by atoms with Crippen molar-refractivity contribution in [2.75, 3.05) is 53.5 Å². The molecular weight excluding hydrogens is 316 g/mol. The molecule has 0 amide bonds. The van der Waals surface area contributed by atoms with Crippen LogP contribution in [-0.4, -0.2) is 68.4 Å². The maximum absolute atomic E-state index is 11.2. The van der Waals surface area contributed by atoms with Gasteiger partial charge in [0.15, 0.2) is 0 Å². The molecule has 25 heavy (non-hydrogen) atoms. The minimum absolute atomic E-state index is 0.732. The van der Waals surface area contributed by atoms with Gasteiger partial charge >= 0.3 is 0 Å². The maximum Gasteiger partial charge on any atom is 0.122 e. The number of aliphatic hydroxyl groups is 1. The first-order valence-electron chi connectivity index (χ1n) is 9.53. The number of methoxy groups -OCH3 is 2. The van der Waals surface area contributed by atoms with Gasteiger partial charge in [-0.05, 0) is 56.5 Å². The Morgan fingerprint density at radius 3 is 1.88 bits per heavy atom. The summed E-state index contributed by atoms with van der Waals surface area (Å²) in [6, 6.07) is 5.72. The molecule has 2 fully saturated rings. The van der Waals surface area contributed by atoms with E-state index < -0.39 is 5.60 Å². The fraction of sp³-hybridized carbons (Fsp3) is 0.700. The first-order chi connectivity index (χ1) is 12.1. The Bertz CT molecular complexity index is 528. The molecule has 0 atom stereocenters. The van der Waals surface area contributed by atoms with E-state index in [1.165, 1.54) is 32.4 Å². The highest BCUT2D eigenvalue weighted by Crippen LogP contribution is 2.36. The van der Waals surface area contributed by atoms with Crippen molar-refractivity contribution in [3.05, 3.63) is 23.8 Å². The molecule has 1 N–H and O–H groups in total. The van der Waals surface area contributed by atoms with Gasteiger partial charge in [-0.25, -0.2) is 0 Å². The highest BCUT2D eigenvalue weighted by molar-refractivity contribution is 5.41. The lowest BCUT2D eigenvalue weighted by molar-refractivity contribution is -0.0277. The third-order valence-corrected chi connectivity index (χ3v) is 5.75. The SMILES string of the molecule is COc1cc(OC)cc(C2(O)CCN(CCN3CCCCC3)CC2)c1. The molecule has 0 bridgehead atoms. The van der Waals surface area contributed by atoms with Crippen molar-refractivity contribution in [1.82, 2.24) is 9.80 Å². The summed E-state index contributed by atoms with van der Waals surface area (Å²) in [5.74, 6) is 1.46. The van der Waals surface area contributed by atoms with E-state index in [2.05, 4.69) is 9.80 Å². The molecule has 2 aliphatic rings. The average molecular weight is 348 g/mol. The summed E-state index contributed by atoms with van der Waals surface area (Å²) in [7, 11) is 3.29. The quantitative estimate of drug-likeness (QED) is 0.856. The first-order valence-corrected chi connectivity index (χ1v) is 9.53. The third-order valence-electron chi connectivity index (χ3n) is 5.75. The fourth-order valence-corrected chi connectivity index (χ4v) is 3.98. The Labute approximate surface area is 151 Å². The molecule has 0 spiro atoms. The Hall–Kier alpha value is -1.30. The molecule has 1 aromatic carbocycles. The number of likely N-dealkylation sites (tertiary alicyclic amines) is 2. The van der Waals surface area contributed by atoms with Crippen LogP contribution in [0.15, 0.2) is 18.2 Å². The second kappa shape index (κ2) is 8.39. The average Bonchev–Trinajstić information content (AvgIpc) is 2.68. The minimum Gasteiger partial charge on any atom is -0.497 e. The molecule has 140 valence electrons. The molecule has 5 nitrogen and oxygen atoms in total. The van der Waals surface area contributed by atoms with E-state index in [-0.39, 0.29) is 0 Å². The van der Waals surface area contributed by atoms with Gasteiger partial charge in [0.2, 0.25) is 0 Å². The van der Waals surface area contributed by atoms with Gasteiger partial charge < -0.3 is 24.4 Å². The molecule has 0 aliphatic carbocycles. The second-order valence-corrected chi connectivity index (χ2v) is 7.38. The lowest BCUT2D eigenvalue weighted by Crippen LogP contribution is -2.45. The van der Waals surface area contributed by atoms with Crippen LogP contribution >= 0.6 is 0 Å². The Kier molecular flexibility index (Phi) is 6.20. The highest BCUT2D eigenvalue weighted by Gasteiger charge is 2.34. The maximum atomic E-state index is 11.2. The summed E-state index contributed by atoms with van der Waals surface area (Å²) in [5, 5.41) is 11.2. The van der Waals surface area contributed by atoms with Gasteiger partial charge in [0.1, 0.15) is 11.5 Å². The summed E-state index contributed by atoms with van der Waals surface area (Å²) in [5.41, 5.74) is 0.114. The molecule has 2 heterocycles. The zero-order valence-corrected chi connectivity index (χ0v) is 15.7. The number of hydrogen-bond donors (Lipinski definition) is 1. The van der Waals surface area contributed by atoms with Crippen molar-refractivity contribution >= 4 is 0 Å². The minimum atomic E-state index is -0.788. The lowest BCUT2D eigenvalue weighted by atomic mass is 9.84. The first kappa shape index (κ1) is 18.5.